The summed E-state index contributed by atoms with van der Waals surface area (Å²) in [7, 11) is -4.10. The molecular weight excluding hydrogens is 314 g/mol. The summed E-state index contributed by atoms with van der Waals surface area (Å²) in [4.78, 5) is -0.0906. The maximum Gasteiger partial charge on any atom is 0.294 e. The van der Waals surface area contributed by atoms with E-state index in [0.717, 1.165) is 30.6 Å². The van der Waals surface area contributed by atoms with E-state index in [4.69, 9.17) is 9.66 Å². The smallest absolute Gasteiger partial charge is 0.294 e. The van der Waals surface area contributed by atoms with Gasteiger partial charge in [0, 0.05) is 6.54 Å². The summed E-state index contributed by atoms with van der Waals surface area (Å²) in [5.41, 5.74) is 1.91. The second-order valence-electron chi connectivity index (χ2n) is 4.84. The third-order valence-electron chi connectivity index (χ3n) is 2.97. The average Bonchev–Trinajstić information content (AvgIpc) is 2.56. The molecule has 0 heterocycles. The lowest BCUT2D eigenvalue weighted by molar-refractivity contribution is 0.292. The van der Waals surface area contributed by atoms with Crippen molar-refractivity contribution in [3.05, 3.63) is 54.6 Å². The molecule has 0 spiro atoms. The monoisotopic (exact) mass is 337 g/mol. The predicted octanol–water partition coefficient (Wildman–Crippen LogP) is 2.58. The highest BCUT2D eigenvalue weighted by molar-refractivity contribution is 7.85. The molecule has 126 valence electrons. The fourth-order valence-corrected chi connectivity index (χ4v) is 2.31. The summed E-state index contributed by atoms with van der Waals surface area (Å²) in [5, 5.41) is 11.3. The van der Waals surface area contributed by atoms with Crippen molar-refractivity contribution in [1.29, 1.82) is 0 Å². The highest BCUT2D eigenvalue weighted by atomic mass is 32.2. The molecule has 3 N–H and O–H groups in total. The van der Waals surface area contributed by atoms with Crippen LogP contribution in [0.2, 0.25) is 0 Å². The molecule has 0 saturated heterocycles. The molecule has 0 bridgehead atoms. The van der Waals surface area contributed by atoms with Crippen molar-refractivity contribution < 1.29 is 18.1 Å². The van der Waals surface area contributed by atoms with Crippen LogP contribution in [-0.4, -0.2) is 37.8 Å². The Kier molecular flexibility index (Phi) is 8.50. The van der Waals surface area contributed by atoms with E-state index in [2.05, 4.69) is 12.2 Å². The third kappa shape index (κ3) is 7.38. The van der Waals surface area contributed by atoms with Crippen molar-refractivity contribution >= 4 is 10.1 Å². The molecule has 0 aromatic heterocycles. The molecule has 6 heteroatoms. The first-order chi connectivity index (χ1) is 11.0. The Bertz CT molecular complexity index is 651. The molecule has 2 rings (SSSR count). The number of rotatable bonds is 6. The van der Waals surface area contributed by atoms with Gasteiger partial charge in [-0.2, -0.15) is 8.42 Å². The molecule has 0 aliphatic heterocycles. The Labute approximate surface area is 137 Å². The van der Waals surface area contributed by atoms with Crippen molar-refractivity contribution in [3.63, 3.8) is 0 Å². The van der Waals surface area contributed by atoms with Crippen LogP contribution < -0.4 is 5.32 Å². The van der Waals surface area contributed by atoms with Gasteiger partial charge in [-0.15, -0.1) is 0 Å². The molecule has 2 aromatic rings. The van der Waals surface area contributed by atoms with Gasteiger partial charge in [-0.1, -0.05) is 49.4 Å². The SMILES string of the molecule is CCCNCCO.O=S(=O)(O)c1ccc(-c2ccccc2)cc1. The van der Waals surface area contributed by atoms with Gasteiger partial charge in [0.1, 0.15) is 0 Å². The molecule has 0 aliphatic rings. The van der Waals surface area contributed by atoms with Crippen molar-refractivity contribution in [1.82, 2.24) is 5.32 Å². The van der Waals surface area contributed by atoms with Crippen molar-refractivity contribution in [3.8, 4) is 11.1 Å². The van der Waals surface area contributed by atoms with E-state index >= 15 is 0 Å². The highest BCUT2D eigenvalue weighted by Crippen LogP contribution is 2.20. The zero-order valence-electron chi connectivity index (χ0n) is 13.1. The van der Waals surface area contributed by atoms with Gasteiger partial charge < -0.3 is 10.4 Å². The Morgan fingerprint density at radius 1 is 0.913 bits per heavy atom. The van der Waals surface area contributed by atoms with Gasteiger partial charge in [0.15, 0.2) is 0 Å². The fraction of sp³-hybridized carbons (Fsp3) is 0.294. The second-order valence-corrected chi connectivity index (χ2v) is 6.26. The quantitative estimate of drug-likeness (QED) is 0.557. The normalized spacial score (nSPS) is 10.7. The van der Waals surface area contributed by atoms with E-state index in [1.807, 2.05) is 30.3 Å². The number of aliphatic hydroxyl groups is 1. The minimum absolute atomic E-state index is 0.0906. The van der Waals surface area contributed by atoms with Gasteiger partial charge in [0.2, 0.25) is 0 Å². The fourth-order valence-electron chi connectivity index (χ4n) is 1.83. The summed E-state index contributed by atoms with van der Waals surface area (Å²) >= 11 is 0. The predicted molar refractivity (Wildman–Crippen MR) is 91.9 cm³/mol. The lowest BCUT2D eigenvalue weighted by Gasteiger charge is -2.02. The van der Waals surface area contributed by atoms with Gasteiger partial charge in [0.05, 0.1) is 11.5 Å². The third-order valence-corrected chi connectivity index (χ3v) is 3.84. The first kappa shape index (κ1) is 19.3. The minimum Gasteiger partial charge on any atom is -0.395 e. The summed E-state index contributed by atoms with van der Waals surface area (Å²) in [5.74, 6) is 0. The molecule has 0 atom stereocenters. The topological polar surface area (TPSA) is 86.6 Å². The second kappa shape index (κ2) is 10.1. The zero-order valence-corrected chi connectivity index (χ0v) is 14.0. The standard InChI is InChI=1S/C12H10O3S.C5H13NO/c13-16(14,15)12-8-6-11(7-9-12)10-4-2-1-3-5-10;1-2-3-6-4-5-7/h1-9H,(H,13,14,15);6-7H,2-5H2,1H3. The first-order valence-corrected chi connectivity index (χ1v) is 8.87. The Morgan fingerprint density at radius 2 is 1.48 bits per heavy atom. The lowest BCUT2D eigenvalue weighted by atomic mass is 10.1. The van der Waals surface area contributed by atoms with E-state index in [0.29, 0.717) is 0 Å². The van der Waals surface area contributed by atoms with Gasteiger partial charge in [-0.25, -0.2) is 0 Å². The van der Waals surface area contributed by atoms with Gasteiger partial charge in [0.25, 0.3) is 10.1 Å². The number of hydrogen-bond donors (Lipinski definition) is 3. The van der Waals surface area contributed by atoms with Crippen LogP contribution in [0.4, 0.5) is 0 Å². The van der Waals surface area contributed by atoms with E-state index in [9.17, 15) is 8.42 Å². The van der Waals surface area contributed by atoms with Crippen molar-refractivity contribution in [2.24, 2.45) is 0 Å². The lowest BCUT2D eigenvalue weighted by Crippen LogP contribution is -2.18. The Hall–Kier alpha value is -1.73. The van der Waals surface area contributed by atoms with Gasteiger partial charge in [-0.3, -0.25) is 4.55 Å². The van der Waals surface area contributed by atoms with Gasteiger partial charge >= 0.3 is 0 Å². The zero-order chi connectivity index (χ0) is 17.1. The minimum atomic E-state index is -4.10. The van der Waals surface area contributed by atoms with Crippen LogP contribution in [-0.2, 0) is 10.1 Å². The van der Waals surface area contributed by atoms with E-state index in [1.165, 1.54) is 12.1 Å². The van der Waals surface area contributed by atoms with E-state index < -0.39 is 10.1 Å². The maximum absolute atomic E-state index is 10.8. The highest BCUT2D eigenvalue weighted by Gasteiger charge is 2.08. The molecule has 0 radical (unpaired) electrons. The number of aliphatic hydroxyl groups excluding tert-OH is 1. The van der Waals surface area contributed by atoms with Crippen LogP contribution in [0.1, 0.15) is 13.3 Å². The summed E-state index contributed by atoms with van der Waals surface area (Å²) in [6.45, 7) is 4.10. The summed E-state index contributed by atoms with van der Waals surface area (Å²) in [6, 6.07) is 15.7. The van der Waals surface area contributed by atoms with Gasteiger partial charge in [-0.05, 0) is 36.2 Å². The summed E-state index contributed by atoms with van der Waals surface area (Å²) in [6.07, 6.45) is 1.14. The number of hydrogen-bond acceptors (Lipinski definition) is 4. The Balaban J connectivity index is 0.000000322. The molecule has 0 amide bonds. The molecule has 0 unspecified atom stereocenters. The molecule has 0 fully saturated rings. The first-order valence-electron chi connectivity index (χ1n) is 7.43. The van der Waals surface area contributed by atoms with Crippen LogP contribution in [0.3, 0.4) is 0 Å². The average molecular weight is 337 g/mol. The van der Waals surface area contributed by atoms with Crippen molar-refractivity contribution in [2.45, 2.75) is 18.2 Å². The van der Waals surface area contributed by atoms with Crippen LogP contribution in [0.25, 0.3) is 11.1 Å². The van der Waals surface area contributed by atoms with E-state index in [-0.39, 0.29) is 11.5 Å². The Morgan fingerprint density at radius 3 is 1.96 bits per heavy atom. The van der Waals surface area contributed by atoms with Crippen molar-refractivity contribution in [2.75, 3.05) is 19.7 Å². The van der Waals surface area contributed by atoms with Crippen LogP contribution in [0, 0.1) is 0 Å². The largest absolute Gasteiger partial charge is 0.395 e. The van der Waals surface area contributed by atoms with E-state index in [1.54, 1.807) is 12.1 Å². The number of benzene rings is 2. The van der Waals surface area contributed by atoms with Crippen LogP contribution >= 0.6 is 0 Å². The van der Waals surface area contributed by atoms with Crippen LogP contribution in [0.5, 0.6) is 0 Å². The molecule has 5 nitrogen and oxygen atoms in total. The maximum atomic E-state index is 10.8. The molecule has 0 aliphatic carbocycles. The molecular formula is C17H23NO4S. The number of nitrogens with one attached hydrogen (secondary N) is 1. The summed E-state index contributed by atoms with van der Waals surface area (Å²) < 4.78 is 30.5. The molecule has 23 heavy (non-hydrogen) atoms. The van der Waals surface area contributed by atoms with Crippen LogP contribution in [0.15, 0.2) is 59.5 Å². The molecule has 0 saturated carbocycles. The molecule has 2 aromatic carbocycles.